The second-order valence-electron chi connectivity index (χ2n) is 8.66. The van der Waals surface area contributed by atoms with Gasteiger partial charge >= 0.3 is 0 Å². The van der Waals surface area contributed by atoms with Crippen molar-refractivity contribution in [1.82, 2.24) is 9.62 Å². The zero-order valence-corrected chi connectivity index (χ0v) is 20.4. The molecule has 180 valence electrons. The molecule has 0 atom stereocenters. The molecule has 0 aromatic heterocycles. The van der Waals surface area contributed by atoms with Crippen LogP contribution in [0.3, 0.4) is 0 Å². The van der Waals surface area contributed by atoms with Gasteiger partial charge in [-0.15, -0.1) is 0 Å². The number of hydrogen-bond donors (Lipinski definition) is 1. The molecule has 3 aromatic carbocycles. The third kappa shape index (κ3) is 5.59. The summed E-state index contributed by atoms with van der Waals surface area (Å²) in [6.45, 7) is 2.55. The monoisotopic (exact) mass is 480 g/mol. The van der Waals surface area contributed by atoms with Gasteiger partial charge in [0.1, 0.15) is 5.75 Å². The molecule has 1 N–H and O–H groups in total. The molecule has 3 aromatic rings. The van der Waals surface area contributed by atoms with E-state index in [4.69, 9.17) is 4.74 Å². The Bertz CT molecular complexity index is 1210. The number of hydrogen-bond acceptors (Lipinski definition) is 4. The van der Waals surface area contributed by atoms with Crippen molar-refractivity contribution >= 4 is 26.7 Å². The second kappa shape index (κ2) is 11.0. The lowest BCUT2D eigenvalue weighted by Gasteiger charge is -2.33. The fraction of sp³-hybridized carbons (Fsp3) is 0.370. The summed E-state index contributed by atoms with van der Waals surface area (Å²) >= 11 is 0. The van der Waals surface area contributed by atoms with Crippen molar-refractivity contribution < 1.29 is 17.9 Å². The Hall–Kier alpha value is -2.90. The van der Waals surface area contributed by atoms with E-state index < -0.39 is 10.0 Å². The Morgan fingerprint density at radius 3 is 2.41 bits per heavy atom. The highest BCUT2D eigenvalue weighted by atomic mass is 32.2. The fourth-order valence-electron chi connectivity index (χ4n) is 4.63. The van der Waals surface area contributed by atoms with Crippen molar-refractivity contribution in [3.05, 3.63) is 72.3 Å². The molecule has 1 aliphatic carbocycles. The van der Waals surface area contributed by atoms with Gasteiger partial charge in [-0.2, -0.15) is 4.31 Å². The van der Waals surface area contributed by atoms with Crippen LogP contribution in [-0.4, -0.2) is 37.8 Å². The van der Waals surface area contributed by atoms with Crippen LogP contribution in [0.4, 0.5) is 0 Å². The molecular formula is C27H32N2O4S. The lowest BCUT2D eigenvalue weighted by molar-refractivity contribution is -0.121. The highest BCUT2D eigenvalue weighted by molar-refractivity contribution is 7.89. The van der Waals surface area contributed by atoms with E-state index >= 15 is 0 Å². The summed E-state index contributed by atoms with van der Waals surface area (Å²) in [5, 5.41) is 5.13. The molecule has 0 saturated heterocycles. The molecule has 1 fully saturated rings. The Labute approximate surface area is 202 Å². The van der Waals surface area contributed by atoms with Crippen molar-refractivity contribution in [3.63, 3.8) is 0 Å². The van der Waals surface area contributed by atoms with Gasteiger partial charge in [-0.05, 0) is 60.4 Å². The van der Waals surface area contributed by atoms with Crippen molar-refractivity contribution in [3.8, 4) is 5.75 Å². The minimum Gasteiger partial charge on any atom is -0.494 e. The lowest BCUT2D eigenvalue weighted by Crippen LogP contribution is -2.46. The molecule has 0 bridgehead atoms. The standard InChI is InChI=1S/C27H32N2O4S/c1-2-33-24-15-17-25(18-16-24)34(31,32)29(23-12-4-3-5-13-23)20-27(30)28-19-22-11-8-10-21-9-6-7-14-26(21)22/h6-11,14-18,23H,2-5,12-13,19-20H2,1H3,(H,28,30). The Kier molecular flexibility index (Phi) is 7.85. The number of nitrogens with one attached hydrogen (secondary N) is 1. The molecule has 6 nitrogen and oxygen atoms in total. The summed E-state index contributed by atoms with van der Waals surface area (Å²) in [7, 11) is -3.83. The third-order valence-electron chi connectivity index (χ3n) is 6.38. The summed E-state index contributed by atoms with van der Waals surface area (Å²) in [6.07, 6.45) is 4.58. The quantitative estimate of drug-likeness (QED) is 0.474. The Morgan fingerprint density at radius 1 is 0.971 bits per heavy atom. The van der Waals surface area contributed by atoms with E-state index in [1.165, 1.54) is 4.31 Å². The van der Waals surface area contributed by atoms with Crippen LogP contribution in [-0.2, 0) is 21.4 Å². The number of benzene rings is 3. The maximum atomic E-state index is 13.6. The predicted octanol–water partition coefficient (Wildman–Crippen LogP) is 4.88. The van der Waals surface area contributed by atoms with Crippen LogP contribution in [0.15, 0.2) is 71.6 Å². The molecule has 4 rings (SSSR count). The van der Waals surface area contributed by atoms with Crippen molar-refractivity contribution in [2.75, 3.05) is 13.2 Å². The van der Waals surface area contributed by atoms with Crippen LogP contribution in [0.2, 0.25) is 0 Å². The van der Waals surface area contributed by atoms with Crippen molar-refractivity contribution in [2.24, 2.45) is 0 Å². The molecule has 0 spiro atoms. The Morgan fingerprint density at radius 2 is 1.68 bits per heavy atom. The number of ether oxygens (including phenoxy) is 1. The van der Waals surface area contributed by atoms with Crippen LogP contribution in [0.5, 0.6) is 5.75 Å². The highest BCUT2D eigenvalue weighted by Gasteiger charge is 2.34. The summed E-state index contributed by atoms with van der Waals surface area (Å²) in [5.41, 5.74) is 1.00. The van der Waals surface area contributed by atoms with Crippen LogP contribution in [0.25, 0.3) is 10.8 Å². The molecule has 7 heteroatoms. The van der Waals surface area contributed by atoms with Crippen LogP contribution >= 0.6 is 0 Å². The van der Waals surface area contributed by atoms with E-state index in [1.807, 2.05) is 49.4 Å². The number of carbonyl (C=O) groups excluding carboxylic acids is 1. The van der Waals surface area contributed by atoms with Gasteiger partial charge in [0.2, 0.25) is 15.9 Å². The van der Waals surface area contributed by atoms with E-state index in [9.17, 15) is 13.2 Å². The first-order chi connectivity index (χ1) is 16.5. The number of fused-ring (bicyclic) bond motifs is 1. The zero-order valence-electron chi connectivity index (χ0n) is 19.6. The van der Waals surface area contributed by atoms with E-state index in [0.29, 0.717) is 18.9 Å². The summed E-state index contributed by atoms with van der Waals surface area (Å²) < 4.78 is 34.0. The molecular weight excluding hydrogens is 448 g/mol. The van der Waals surface area contributed by atoms with Crippen molar-refractivity contribution in [2.45, 2.75) is 56.5 Å². The number of amides is 1. The number of carbonyl (C=O) groups is 1. The average Bonchev–Trinajstić information content (AvgIpc) is 2.87. The van der Waals surface area contributed by atoms with E-state index in [2.05, 4.69) is 5.32 Å². The molecule has 1 saturated carbocycles. The summed E-state index contributed by atoms with van der Waals surface area (Å²) in [5.74, 6) is 0.325. The fourth-order valence-corrected chi connectivity index (χ4v) is 6.27. The zero-order chi connectivity index (χ0) is 24.0. The molecule has 0 radical (unpaired) electrons. The molecule has 0 unspecified atom stereocenters. The van der Waals surface area contributed by atoms with Gasteiger partial charge in [0, 0.05) is 12.6 Å². The minimum atomic E-state index is -3.83. The SMILES string of the molecule is CCOc1ccc(S(=O)(=O)N(CC(=O)NCc2cccc3ccccc23)C2CCCCC2)cc1. The van der Waals surface area contributed by atoms with Gasteiger partial charge in [-0.25, -0.2) is 8.42 Å². The normalized spacial score (nSPS) is 14.9. The second-order valence-corrected chi connectivity index (χ2v) is 10.6. The largest absolute Gasteiger partial charge is 0.494 e. The maximum absolute atomic E-state index is 13.6. The van der Waals surface area contributed by atoms with Gasteiger partial charge in [0.15, 0.2) is 0 Å². The van der Waals surface area contributed by atoms with Gasteiger partial charge in [0.25, 0.3) is 0 Å². The summed E-state index contributed by atoms with van der Waals surface area (Å²) in [6, 6.07) is 20.3. The predicted molar refractivity (Wildman–Crippen MR) is 134 cm³/mol. The summed E-state index contributed by atoms with van der Waals surface area (Å²) in [4.78, 5) is 13.2. The van der Waals surface area contributed by atoms with E-state index in [-0.39, 0.29) is 23.4 Å². The Balaban J connectivity index is 1.52. The number of nitrogens with zero attached hydrogens (tertiary/aromatic N) is 1. The minimum absolute atomic E-state index is 0.173. The molecule has 0 aliphatic heterocycles. The molecule has 1 aliphatic rings. The van der Waals surface area contributed by atoms with Crippen LogP contribution in [0.1, 0.15) is 44.6 Å². The van der Waals surface area contributed by atoms with E-state index in [1.54, 1.807) is 24.3 Å². The van der Waals surface area contributed by atoms with E-state index in [0.717, 1.165) is 48.4 Å². The van der Waals surface area contributed by atoms with Crippen LogP contribution in [0, 0.1) is 0 Å². The smallest absolute Gasteiger partial charge is 0.243 e. The van der Waals surface area contributed by atoms with Gasteiger partial charge in [-0.1, -0.05) is 61.7 Å². The first-order valence-corrected chi connectivity index (χ1v) is 13.4. The van der Waals surface area contributed by atoms with Crippen LogP contribution < -0.4 is 10.1 Å². The van der Waals surface area contributed by atoms with Gasteiger partial charge in [0.05, 0.1) is 18.0 Å². The first-order valence-electron chi connectivity index (χ1n) is 12.0. The maximum Gasteiger partial charge on any atom is 0.243 e. The van der Waals surface area contributed by atoms with Crippen molar-refractivity contribution in [1.29, 1.82) is 0 Å². The third-order valence-corrected chi connectivity index (χ3v) is 8.29. The number of sulfonamides is 1. The van der Waals surface area contributed by atoms with Gasteiger partial charge < -0.3 is 10.1 Å². The topological polar surface area (TPSA) is 75.7 Å². The molecule has 34 heavy (non-hydrogen) atoms. The number of rotatable bonds is 9. The molecule has 0 heterocycles. The highest BCUT2D eigenvalue weighted by Crippen LogP contribution is 2.28. The van der Waals surface area contributed by atoms with Gasteiger partial charge in [-0.3, -0.25) is 4.79 Å². The first kappa shape index (κ1) is 24.2. The lowest BCUT2D eigenvalue weighted by atomic mass is 9.95. The average molecular weight is 481 g/mol. The molecule has 1 amide bonds.